The third kappa shape index (κ3) is 6.07. The predicted molar refractivity (Wildman–Crippen MR) is 114 cm³/mol. The van der Waals surface area contributed by atoms with Crippen molar-refractivity contribution >= 4 is 0 Å². The monoisotopic (exact) mass is 383 g/mol. The molecule has 28 heavy (non-hydrogen) atoms. The Morgan fingerprint density at radius 1 is 0.893 bits per heavy atom. The fraction of sp³-hybridized carbons (Fsp3) is 0.731. The quantitative estimate of drug-likeness (QED) is 0.420. The lowest BCUT2D eigenvalue weighted by atomic mass is 9.68. The largest absolute Gasteiger partial charge is 0.206 e. The lowest BCUT2D eigenvalue weighted by Gasteiger charge is -2.38. The van der Waals surface area contributed by atoms with Gasteiger partial charge in [-0.05, 0) is 79.9 Å². The molecule has 1 aromatic rings. The third-order valence-electron chi connectivity index (χ3n) is 7.66. The number of aryl methyl sites for hydroxylation is 1. The van der Waals surface area contributed by atoms with Gasteiger partial charge in [0, 0.05) is 0 Å². The average Bonchev–Trinajstić information content (AvgIpc) is 2.73. The van der Waals surface area contributed by atoms with Gasteiger partial charge >= 0.3 is 0 Å². The molecule has 2 aliphatic rings. The van der Waals surface area contributed by atoms with Crippen LogP contribution in [0.2, 0.25) is 0 Å². The summed E-state index contributed by atoms with van der Waals surface area (Å²) in [4.78, 5) is 0. The summed E-state index contributed by atoms with van der Waals surface area (Å²) < 4.78 is 13.8. The molecule has 0 radical (unpaired) electrons. The fourth-order valence-electron chi connectivity index (χ4n) is 5.76. The molecule has 3 rings (SSSR count). The summed E-state index contributed by atoms with van der Waals surface area (Å²) in [6.45, 7) is 2.30. The van der Waals surface area contributed by atoms with Crippen molar-refractivity contribution in [2.24, 2.45) is 23.7 Å². The summed E-state index contributed by atoms with van der Waals surface area (Å²) >= 11 is 0. The minimum atomic E-state index is -0.367. The molecule has 1 aromatic carbocycles. The molecule has 0 heterocycles. The highest BCUT2D eigenvalue weighted by Crippen LogP contribution is 2.43. The van der Waals surface area contributed by atoms with Gasteiger partial charge in [0.2, 0.25) is 0 Å². The van der Waals surface area contributed by atoms with E-state index in [1.165, 1.54) is 83.5 Å². The minimum absolute atomic E-state index is 0.157. The Labute approximate surface area is 171 Å². The molecule has 0 bridgehead atoms. The number of halogens is 1. The van der Waals surface area contributed by atoms with Gasteiger partial charge in [-0.15, -0.1) is 0 Å². The van der Waals surface area contributed by atoms with Crippen LogP contribution in [0.5, 0.6) is 0 Å². The second-order valence-corrected chi connectivity index (χ2v) is 9.52. The van der Waals surface area contributed by atoms with E-state index < -0.39 is 0 Å². The van der Waals surface area contributed by atoms with Crippen LogP contribution in [0, 0.1) is 40.8 Å². The maximum Gasteiger partial charge on any atom is 0.141 e. The Balaban J connectivity index is 1.35. The number of hydrogen-bond donors (Lipinski definition) is 0. The van der Waals surface area contributed by atoms with E-state index in [2.05, 4.69) is 6.92 Å². The highest BCUT2D eigenvalue weighted by atomic mass is 19.1. The Kier molecular flexibility index (Phi) is 8.38. The third-order valence-corrected chi connectivity index (χ3v) is 7.66. The summed E-state index contributed by atoms with van der Waals surface area (Å²) in [6.07, 6.45) is 19.3. The van der Waals surface area contributed by atoms with Gasteiger partial charge in [0.05, 0.1) is 5.56 Å². The number of hydrogen-bond acceptors (Lipinski definition) is 1. The van der Waals surface area contributed by atoms with Gasteiger partial charge in [-0.3, -0.25) is 0 Å². The maximum absolute atomic E-state index is 13.8. The van der Waals surface area contributed by atoms with Gasteiger partial charge < -0.3 is 0 Å². The summed E-state index contributed by atoms with van der Waals surface area (Å²) in [6, 6.07) is 7.01. The number of unbranched alkanes of at least 4 members (excludes halogenated alkanes) is 2. The fourth-order valence-corrected chi connectivity index (χ4v) is 5.76. The van der Waals surface area contributed by atoms with Crippen LogP contribution in [0.1, 0.15) is 102 Å². The molecule has 2 aliphatic carbocycles. The molecule has 0 spiro atoms. The van der Waals surface area contributed by atoms with Crippen LogP contribution in [-0.4, -0.2) is 0 Å². The first kappa shape index (κ1) is 21.4. The van der Waals surface area contributed by atoms with Crippen LogP contribution < -0.4 is 0 Å². The van der Waals surface area contributed by atoms with Crippen molar-refractivity contribution in [2.75, 3.05) is 0 Å². The highest BCUT2D eigenvalue weighted by Gasteiger charge is 2.30. The van der Waals surface area contributed by atoms with Crippen molar-refractivity contribution in [1.29, 1.82) is 5.26 Å². The van der Waals surface area contributed by atoms with E-state index in [1.54, 1.807) is 12.1 Å². The SMILES string of the molecule is CCCCC[C@H]1CC[C@H]([C@H]2CC[C@H](CCc3ccc(C#N)c(F)c3)CC2)CC1. The normalized spacial score (nSPS) is 28.0. The second-order valence-electron chi connectivity index (χ2n) is 9.52. The molecule has 154 valence electrons. The van der Waals surface area contributed by atoms with Gasteiger partial charge in [-0.2, -0.15) is 5.26 Å². The van der Waals surface area contributed by atoms with Crippen molar-refractivity contribution < 1.29 is 4.39 Å². The highest BCUT2D eigenvalue weighted by molar-refractivity contribution is 5.33. The summed E-state index contributed by atoms with van der Waals surface area (Å²) in [5.41, 5.74) is 1.20. The smallest absolute Gasteiger partial charge is 0.141 e. The maximum atomic E-state index is 13.8. The molecular formula is C26H38FN. The van der Waals surface area contributed by atoms with Crippen LogP contribution in [0.3, 0.4) is 0 Å². The van der Waals surface area contributed by atoms with Crippen molar-refractivity contribution in [1.82, 2.24) is 0 Å². The number of nitrogens with zero attached hydrogens (tertiary/aromatic N) is 1. The lowest BCUT2D eigenvalue weighted by molar-refractivity contribution is 0.140. The van der Waals surface area contributed by atoms with Crippen molar-refractivity contribution in [3.05, 3.63) is 35.1 Å². The van der Waals surface area contributed by atoms with Crippen molar-refractivity contribution in [3.63, 3.8) is 0 Å². The Morgan fingerprint density at radius 3 is 2.04 bits per heavy atom. The van der Waals surface area contributed by atoms with E-state index in [0.29, 0.717) is 0 Å². The van der Waals surface area contributed by atoms with Crippen LogP contribution in [0.4, 0.5) is 4.39 Å². The van der Waals surface area contributed by atoms with E-state index in [1.807, 2.05) is 12.1 Å². The number of benzene rings is 1. The first-order valence-corrected chi connectivity index (χ1v) is 11.9. The zero-order valence-corrected chi connectivity index (χ0v) is 17.8. The molecule has 2 heteroatoms. The topological polar surface area (TPSA) is 23.8 Å². The first-order valence-electron chi connectivity index (χ1n) is 11.9. The summed E-state index contributed by atoms with van der Waals surface area (Å²) in [7, 11) is 0. The Morgan fingerprint density at radius 2 is 1.50 bits per heavy atom. The summed E-state index contributed by atoms with van der Waals surface area (Å²) in [5.74, 6) is 3.43. The van der Waals surface area contributed by atoms with Crippen LogP contribution in [-0.2, 0) is 6.42 Å². The van der Waals surface area contributed by atoms with E-state index in [4.69, 9.17) is 5.26 Å². The molecule has 2 saturated carbocycles. The number of rotatable bonds is 8. The Bertz CT molecular complexity index is 630. The lowest BCUT2D eigenvalue weighted by Crippen LogP contribution is -2.26. The van der Waals surface area contributed by atoms with Gasteiger partial charge in [0.25, 0.3) is 0 Å². The minimum Gasteiger partial charge on any atom is -0.206 e. The zero-order valence-electron chi connectivity index (χ0n) is 17.8. The summed E-state index contributed by atoms with van der Waals surface area (Å²) in [5, 5.41) is 8.85. The van der Waals surface area contributed by atoms with Crippen molar-refractivity contribution in [2.45, 2.75) is 96.8 Å². The Hall–Kier alpha value is -1.36. The number of nitriles is 1. The average molecular weight is 384 g/mol. The predicted octanol–water partition coefficient (Wildman–Crippen LogP) is 7.82. The molecular weight excluding hydrogens is 345 g/mol. The molecule has 0 saturated heterocycles. The van der Waals surface area contributed by atoms with E-state index in [-0.39, 0.29) is 11.4 Å². The molecule has 0 unspecified atom stereocenters. The first-order chi connectivity index (χ1) is 13.7. The molecule has 0 N–H and O–H groups in total. The van der Waals surface area contributed by atoms with E-state index >= 15 is 0 Å². The molecule has 1 nitrogen and oxygen atoms in total. The molecule has 0 amide bonds. The van der Waals surface area contributed by atoms with Gasteiger partial charge in [0.1, 0.15) is 11.9 Å². The molecule has 2 fully saturated rings. The second kappa shape index (κ2) is 11.0. The van der Waals surface area contributed by atoms with E-state index in [9.17, 15) is 4.39 Å². The van der Waals surface area contributed by atoms with Crippen LogP contribution in [0.25, 0.3) is 0 Å². The van der Waals surface area contributed by atoms with Gasteiger partial charge in [-0.25, -0.2) is 4.39 Å². The van der Waals surface area contributed by atoms with Gasteiger partial charge in [-0.1, -0.05) is 64.4 Å². The molecule has 0 atom stereocenters. The molecule has 0 aromatic heterocycles. The van der Waals surface area contributed by atoms with Crippen LogP contribution >= 0.6 is 0 Å². The van der Waals surface area contributed by atoms with E-state index in [0.717, 1.165) is 35.7 Å². The molecule has 0 aliphatic heterocycles. The van der Waals surface area contributed by atoms with Crippen LogP contribution in [0.15, 0.2) is 18.2 Å². The van der Waals surface area contributed by atoms with Crippen molar-refractivity contribution in [3.8, 4) is 6.07 Å². The standard InChI is InChI=1S/C26H38FN/c1-2-3-4-5-20-8-13-23(14-9-20)24-15-10-21(11-16-24)6-7-22-12-17-25(19-28)26(27)18-22/h12,17-18,20-21,23-24H,2-11,13-16H2,1H3/t20-,21-,23-,24-. The zero-order chi connectivity index (χ0) is 19.8. The van der Waals surface area contributed by atoms with Gasteiger partial charge in [0.15, 0.2) is 0 Å².